The Hall–Kier alpha value is -2.31. The Kier molecular flexibility index (Phi) is 4.36. The molecule has 0 aliphatic rings. The molecule has 3 heterocycles. The summed E-state index contributed by atoms with van der Waals surface area (Å²) in [6, 6.07) is 7.23. The molecule has 118 valence electrons. The predicted octanol–water partition coefficient (Wildman–Crippen LogP) is 4.08. The zero-order valence-corrected chi connectivity index (χ0v) is 14.1. The van der Waals surface area contributed by atoms with Crippen LogP contribution in [0, 0.1) is 0 Å². The highest BCUT2D eigenvalue weighted by molar-refractivity contribution is 7.19. The van der Waals surface area contributed by atoms with E-state index in [1.807, 2.05) is 12.1 Å². The van der Waals surface area contributed by atoms with E-state index < -0.39 is 0 Å². The van der Waals surface area contributed by atoms with Crippen molar-refractivity contribution < 1.29 is 9.53 Å². The SMILES string of the molecule is COc1ccc(N(C)C(=O)c2c[nH]cc2-c2ccc(Cl)s2)cn1. The number of nitrogens with zero attached hydrogens (tertiary/aromatic N) is 2. The average molecular weight is 348 g/mol. The Morgan fingerprint density at radius 1 is 1.30 bits per heavy atom. The van der Waals surface area contributed by atoms with E-state index in [0.29, 0.717) is 21.5 Å². The van der Waals surface area contributed by atoms with Crippen molar-refractivity contribution in [2.75, 3.05) is 19.1 Å². The predicted molar refractivity (Wildman–Crippen MR) is 92.6 cm³/mol. The Bertz CT molecular complexity index is 826. The first-order valence-electron chi connectivity index (χ1n) is 6.80. The lowest BCUT2D eigenvalue weighted by molar-refractivity contribution is 0.0993. The van der Waals surface area contributed by atoms with Gasteiger partial charge in [-0.25, -0.2) is 4.98 Å². The molecule has 0 saturated heterocycles. The zero-order chi connectivity index (χ0) is 16.4. The second kappa shape index (κ2) is 6.44. The number of methoxy groups -OCH3 is 1. The summed E-state index contributed by atoms with van der Waals surface area (Å²) in [5.74, 6) is 0.378. The van der Waals surface area contributed by atoms with E-state index in [1.165, 1.54) is 11.3 Å². The van der Waals surface area contributed by atoms with Gasteiger partial charge in [-0.15, -0.1) is 11.3 Å². The van der Waals surface area contributed by atoms with Gasteiger partial charge in [0.15, 0.2) is 0 Å². The molecule has 1 N–H and O–H groups in total. The third-order valence-corrected chi connectivity index (χ3v) is 4.70. The van der Waals surface area contributed by atoms with E-state index in [4.69, 9.17) is 16.3 Å². The van der Waals surface area contributed by atoms with Crippen LogP contribution in [-0.4, -0.2) is 30.0 Å². The summed E-state index contributed by atoms with van der Waals surface area (Å²) in [5.41, 5.74) is 2.11. The number of thiophene rings is 1. The maximum absolute atomic E-state index is 12.8. The van der Waals surface area contributed by atoms with Crippen LogP contribution in [0.2, 0.25) is 4.34 Å². The zero-order valence-electron chi connectivity index (χ0n) is 12.5. The van der Waals surface area contributed by atoms with E-state index >= 15 is 0 Å². The Labute approximate surface area is 142 Å². The van der Waals surface area contributed by atoms with Crippen LogP contribution in [-0.2, 0) is 0 Å². The molecule has 0 radical (unpaired) electrons. The number of carbonyl (C=O) groups is 1. The van der Waals surface area contributed by atoms with Gasteiger partial charge in [-0.05, 0) is 18.2 Å². The number of pyridine rings is 1. The lowest BCUT2D eigenvalue weighted by atomic mass is 10.1. The molecule has 0 bridgehead atoms. The molecular formula is C16H14ClN3O2S. The van der Waals surface area contributed by atoms with Gasteiger partial charge in [0.05, 0.1) is 28.9 Å². The maximum atomic E-state index is 12.8. The average Bonchev–Trinajstić information content (AvgIpc) is 3.22. The van der Waals surface area contributed by atoms with Gasteiger partial charge in [-0.2, -0.15) is 0 Å². The lowest BCUT2D eigenvalue weighted by Gasteiger charge is -2.17. The van der Waals surface area contributed by atoms with Gasteiger partial charge in [-0.1, -0.05) is 11.6 Å². The van der Waals surface area contributed by atoms with Gasteiger partial charge in [0.1, 0.15) is 0 Å². The fraction of sp³-hybridized carbons (Fsp3) is 0.125. The first-order chi connectivity index (χ1) is 11.1. The number of nitrogens with one attached hydrogen (secondary N) is 1. The summed E-state index contributed by atoms with van der Waals surface area (Å²) < 4.78 is 5.72. The van der Waals surface area contributed by atoms with Crippen molar-refractivity contribution in [1.82, 2.24) is 9.97 Å². The van der Waals surface area contributed by atoms with Crippen LogP contribution in [0.15, 0.2) is 42.9 Å². The smallest absolute Gasteiger partial charge is 0.260 e. The van der Waals surface area contributed by atoms with E-state index in [2.05, 4.69) is 9.97 Å². The minimum Gasteiger partial charge on any atom is -0.481 e. The number of ether oxygens (including phenoxy) is 1. The molecule has 1 amide bonds. The fourth-order valence-electron chi connectivity index (χ4n) is 2.19. The van der Waals surface area contributed by atoms with Crippen molar-refractivity contribution in [1.29, 1.82) is 0 Å². The minimum atomic E-state index is -0.127. The molecule has 0 aliphatic heterocycles. The number of amides is 1. The number of anilines is 1. The highest BCUT2D eigenvalue weighted by atomic mass is 35.5. The first kappa shape index (κ1) is 15.6. The van der Waals surface area contributed by atoms with Crippen molar-refractivity contribution in [3.05, 3.63) is 52.8 Å². The number of H-pyrrole nitrogens is 1. The second-order valence-corrected chi connectivity index (χ2v) is 6.52. The highest BCUT2D eigenvalue weighted by Crippen LogP contribution is 2.33. The van der Waals surface area contributed by atoms with E-state index in [9.17, 15) is 4.79 Å². The van der Waals surface area contributed by atoms with Gasteiger partial charge < -0.3 is 14.6 Å². The minimum absolute atomic E-state index is 0.127. The van der Waals surface area contributed by atoms with Gasteiger partial charge >= 0.3 is 0 Å². The number of hydrogen-bond donors (Lipinski definition) is 1. The molecule has 7 heteroatoms. The molecule has 0 aliphatic carbocycles. The van der Waals surface area contributed by atoms with Crippen molar-refractivity contribution >= 4 is 34.5 Å². The van der Waals surface area contributed by atoms with Crippen LogP contribution in [0.25, 0.3) is 10.4 Å². The standard InChI is InChI=1S/C16H14ClN3O2S/c1-20(10-3-6-15(22-2)19-7-10)16(21)12-9-18-8-11(12)13-4-5-14(17)23-13/h3-9,18H,1-2H3. The molecule has 0 saturated carbocycles. The molecule has 0 atom stereocenters. The number of halogens is 1. The second-order valence-electron chi connectivity index (χ2n) is 4.81. The molecule has 3 aromatic heterocycles. The van der Waals surface area contributed by atoms with E-state index in [-0.39, 0.29) is 5.91 Å². The van der Waals surface area contributed by atoms with Crippen molar-refractivity contribution in [3.8, 4) is 16.3 Å². The molecule has 0 unspecified atom stereocenters. The fourth-order valence-corrected chi connectivity index (χ4v) is 3.27. The van der Waals surface area contributed by atoms with Gasteiger partial charge in [-0.3, -0.25) is 4.79 Å². The monoisotopic (exact) mass is 347 g/mol. The number of aromatic nitrogens is 2. The molecule has 0 fully saturated rings. The summed E-state index contributed by atoms with van der Waals surface area (Å²) in [6.45, 7) is 0. The molecule has 0 spiro atoms. The quantitative estimate of drug-likeness (QED) is 0.773. The lowest BCUT2D eigenvalue weighted by Crippen LogP contribution is -2.26. The molecular weight excluding hydrogens is 334 g/mol. The largest absolute Gasteiger partial charge is 0.481 e. The number of aromatic amines is 1. The summed E-state index contributed by atoms with van der Waals surface area (Å²) >= 11 is 7.42. The Balaban J connectivity index is 1.89. The summed E-state index contributed by atoms with van der Waals surface area (Å²) in [7, 11) is 3.26. The van der Waals surface area contributed by atoms with Crippen molar-refractivity contribution in [3.63, 3.8) is 0 Å². The Morgan fingerprint density at radius 3 is 2.74 bits per heavy atom. The summed E-state index contributed by atoms with van der Waals surface area (Å²) in [4.78, 5) is 22.4. The van der Waals surface area contributed by atoms with Gasteiger partial charge in [0.2, 0.25) is 5.88 Å². The van der Waals surface area contributed by atoms with Gasteiger partial charge in [0.25, 0.3) is 5.91 Å². The molecule has 5 nitrogen and oxygen atoms in total. The summed E-state index contributed by atoms with van der Waals surface area (Å²) in [6.07, 6.45) is 5.10. The van der Waals surface area contributed by atoms with Crippen LogP contribution >= 0.6 is 22.9 Å². The molecule has 3 rings (SSSR count). The number of rotatable bonds is 4. The molecule has 3 aromatic rings. The molecule has 0 aromatic carbocycles. The topological polar surface area (TPSA) is 58.2 Å². The van der Waals surface area contributed by atoms with Crippen molar-refractivity contribution in [2.24, 2.45) is 0 Å². The van der Waals surface area contributed by atoms with E-state index in [1.54, 1.807) is 49.8 Å². The molecule has 23 heavy (non-hydrogen) atoms. The third-order valence-electron chi connectivity index (χ3n) is 3.44. The first-order valence-corrected chi connectivity index (χ1v) is 8.00. The van der Waals surface area contributed by atoms with Crippen LogP contribution in [0.4, 0.5) is 5.69 Å². The number of carbonyl (C=O) groups excluding carboxylic acids is 1. The Morgan fingerprint density at radius 2 is 2.13 bits per heavy atom. The van der Waals surface area contributed by atoms with E-state index in [0.717, 1.165) is 10.4 Å². The normalized spacial score (nSPS) is 10.6. The summed E-state index contributed by atoms with van der Waals surface area (Å²) in [5, 5.41) is 0. The van der Waals surface area contributed by atoms with Crippen LogP contribution < -0.4 is 9.64 Å². The van der Waals surface area contributed by atoms with Crippen LogP contribution in [0.5, 0.6) is 5.88 Å². The van der Waals surface area contributed by atoms with Crippen LogP contribution in [0.1, 0.15) is 10.4 Å². The van der Waals surface area contributed by atoms with Crippen LogP contribution in [0.3, 0.4) is 0 Å². The van der Waals surface area contributed by atoms with Crippen molar-refractivity contribution in [2.45, 2.75) is 0 Å². The number of hydrogen-bond acceptors (Lipinski definition) is 4. The van der Waals surface area contributed by atoms with Gasteiger partial charge in [0, 0.05) is 35.9 Å². The third kappa shape index (κ3) is 3.09. The highest BCUT2D eigenvalue weighted by Gasteiger charge is 2.20. The maximum Gasteiger partial charge on any atom is 0.260 e.